The van der Waals surface area contributed by atoms with Gasteiger partial charge in [-0.3, -0.25) is 4.79 Å². The molecule has 0 atom stereocenters. The quantitative estimate of drug-likeness (QED) is 0.488. The lowest BCUT2D eigenvalue weighted by Crippen LogP contribution is -2.23. The maximum Gasteiger partial charge on any atom is 0.272 e. The SMILES string of the molecule is COc1ccc(Oc2cc(CNC(=O)c3ccn(-c4ccccc4F)n3)ccn2)cc1. The summed E-state index contributed by atoms with van der Waals surface area (Å²) in [4.78, 5) is 16.6. The van der Waals surface area contributed by atoms with Crippen LogP contribution in [-0.4, -0.2) is 27.8 Å². The minimum Gasteiger partial charge on any atom is -0.497 e. The van der Waals surface area contributed by atoms with E-state index in [1.807, 2.05) is 0 Å². The number of nitrogens with zero attached hydrogens (tertiary/aromatic N) is 3. The van der Waals surface area contributed by atoms with Crippen LogP contribution < -0.4 is 14.8 Å². The fourth-order valence-electron chi connectivity index (χ4n) is 2.87. The van der Waals surface area contributed by atoms with Crippen molar-refractivity contribution in [3.8, 4) is 23.1 Å². The van der Waals surface area contributed by atoms with Crippen molar-refractivity contribution in [1.82, 2.24) is 20.1 Å². The molecule has 0 saturated heterocycles. The summed E-state index contributed by atoms with van der Waals surface area (Å²) in [6.07, 6.45) is 3.15. The minimum atomic E-state index is -0.418. The number of aromatic nitrogens is 3. The van der Waals surface area contributed by atoms with Crippen LogP contribution in [0.1, 0.15) is 16.1 Å². The molecule has 0 aliphatic heterocycles. The molecule has 2 aromatic carbocycles. The fraction of sp³-hybridized carbons (Fsp3) is 0.0870. The molecule has 8 heteroatoms. The Morgan fingerprint density at radius 2 is 1.84 bits per heavy atom. The first-order valence-corrected chi connectivity index (χ1v) is 9.48. The molecule has 4 rings (SSSR count). The lowest BCUT2D eigenvalue weighted by Gasteiger charge is -2.08. The van der Waals surface area contributed by atoms with Crippen molar-refractivity contribution in [3.05, 3.63) is 96.2 Å². The summed E-state index contributed by atoms with van der Waals surface area (Å²) in [7, 11) is 1.60. The van der Waals surface area contributed by atoms with Crippen LogP contribution in [0, 0.1) is 5.82 Å². The number of hydrogen-bond donors (Lipinski definition) is 1. The van der Waals surface area contributed by atoms with Gasteiger partial charge < -0.3 is 14.8 Å². The fourth-order valence-corrected chi connectivity index (χ4v) is 2.87. The van der Waals surface area contributed by atoms with Crippen molar-refractivity contribution < 1.29 is 18.7 Å². The molecule has 1 N–H and O–H groups in total. The van der Waals surface area contributed by atoms with Gasteiger partial charge in [0.15, 0.2) is 5.69 Å². The summed E-state index contributed by atoms with van der Waals surface area (Å²) in [5, 5.41) is 6.95. The highest BCUT2D eigenvalue weighted by Crippen LogP contribution is 2.22. The first kappa shape index (κ1) is 20.1. The molecule has 0 radical (unpaired) electrons. The highest BCUT2D eigenvalue weighted by Gasteiger charge is 2.12. The summed E-state index contributed by atoms with van der Waals surface area (Å²) in [6.45, 7) is 0.257. The Hall–Kier alpha value is -4.20. The normalized spacial score (nSPS) is 10.5. The van der Waals surface area contributed by atoms with Gasteiger partial charge in [0, 0.05) is 25.0 Å². The van der Waals surface area contributed by atoms with Crippen LogP contribution in [0.15, 0.2) is 79.1 Å². The Balaban J connectivity index is 1.38. The largest absolute Gasteiger partial charge is 0.497 e. The monoisotopic (exact) mass is 418 g/mol. The molecule has 0 unspecified atom stereocenters. The van der Waals surface area contributed by atoms with Crippen LogP contribution in [-0.2, 0) is 6.54 Å². The number of halogens is 1. The second kappa shape index (κ2) is 9.08. The summed E-state index contributed by atoms with van der Waals surface area (Å²) < 4.78 is 26.1. The third-order valence-electron chi connectivity index (χ3n) is 4.46. The van der Waals surface area contributed by atoms with E-state index in [0.29, 0.717) is 11.6 Å². The van der Waals surface area contributed by atoms with Gasteiger partial charge in [0.1, 0.15) is 23.0 Å². The van der Waals surface area contributed by atoms with Crippen molar-refractivity contribution in [3.63, 3.8) is 0 Å². The Morgan fingerprint density at radius 1 is 1.06 bits per heavy atom. The molecular formula is C23H19FN4O3. The van der Waals surface area contributed by atoms with E-state index in [1.54, 1.807) is 74.1 Å². The number of amides is 1. The Labute approximate surface area is 178 Å². The number of hydrogen-bond acceptors (Lipinski definition) is 5. The molecule has 0 fully saturated rings. The van der Waals surface area contributed by atoms with Gasteiger partial charge in [0.05, 0.1) is 7.11 Å². The van der Waals surface area contributed by atoms with E-state index in [-0.39, 0.29) is 23.8 Å². The number of rotatable bonds is 7. The Bertz CT molecular complexity index is 1190. The van der Waals surface area contributed by atoms with E-state index in [4.69, 9.17) is 9.47 Å². The molecule has 1 amide bonds. The van der Waals surface area contributed by atoms with Gasteiger partial charge in [-0.2, -0.15) is 5.10 Å². The van der Waals surface area contributed by atoms with E-state index < -0.39 is 5.82 Å². The second-order valence-corrected chi connectivity index (χ2v) is 6.56. The Morgan fingerprint density at radius 3 is 2.61 bits per heavy atom. The van der Waals surface area contributed by atoms with Crippen molar-refractivity contribution >= 4 is 5.91 Å². The first-order chi connectivity index (χ1) is 15.1. The van der Waals surface area contributed by atoms with Gasteiger partial charge in [-0.25, -0.2) is 14.1 Å². The molecule has 0 saturated carbocycles. The van der Waals surface area contributed by atoms with Crippen molar-refractivity contribution in [2.45, 2.75) is 6.54 Å². The second-order valence-electron chi connectivity index (χ2n) is 6.56. The number of methoxy groups -OCH3 is 1. The highest BCUT2D eigenvalue weighted by atomic mass is 19.1. The van der Waals surface area contributed by atoms with E-state index in [2.05, 4.69) is 15.4 Å². The van der Waals surface area contributed by atoms with Crippen LogP contribution in [0.4, 0.5) is 4.39 Å². The van der Waals surface area contributed by atoms with Crippen LogP contribution in [0.5, 0.6) is 17.4 Å². The van der Waals surface area contributed by atoms with E-state index in [0.717, 1.165) is 11.3 Å². The molecule has 0 aliphatic carbocycles. The summed E-state index contributed by atoms with van der Waals surface area (Å²) in [5.74, 6) is 0.964. The molecular weight excluding hydrogens is 399 g/mol. The van der Waals surface area contributed by atoms with Gasteiger partial charge in [-0.05, 0) is 54.1 Å². The number of carbonyl (C=O) groups is 1. The predicted molar refractivity (Wildman–Crippen MR) is 112 cm³/mol. The molecule has 31 heavy (non-hydrogen) atoms. The van der Waals surface area contributed by atoms with Crippen molar-refractivity contribution in [2.24, 2.45) is 0 Å². The number of carbonyl (C=O) groups excluding carboxylic acids is 1. The topological polar surface area (TPSA) is 78.3 Å². The minimum absolute atomic E-state index is 0.187. The number of para-hydroxylation sites is 1. The summed E-state index contributed by atoms with van der Waals surface area (Å²) in [5.41, 5.74) is 1.27. The smallest absolute Gasteiger partial charge is 0.272 e. The maximum absolute atomic E-state index is 13.9. The lowest BCUT2D eigenvalue weighted by atomic mass is 10.2. The highest BCUT2D eigenvalue weighted by molar-refractivity contribution is 5.92. The zero-order valence-corrected chi connectivity index (χ0v) is 16.7. The Kier molecular flexibility index (Phi) is 5.89. The predicted octanol–water partition coefficient (Wildman–Crippen LogP) is 4.14. The van der Waals surface area contributed by atoms with Crippen LogP contribution in [0.2, 0.25) is 0 Å². The van der Waals surface area contributed by atoms with E-state index >= 15 is 0 Å². The lowest BCUT2D eigenvalue weighted by molar-refractivity contribution is 0.0945. The standard InChI is InChI=1S/C23H19FN4O3/c1-30-17-6-8-18(9-7-17)31-22-14-16(10-12-25-22)15-26-23(29)20-11-13-28(27-20)21-5-3-2-4-19(21)24/h2-14H,15H2,1H3,(H,26,29). The third kappa shape index (κ3) is 4.87. The van der Waals surface area contributed by atoms with Gasteiger partial charge in [0.2, 0.25) is 5.88 Å². The average molecular weight is 418 g/mol. The molecule has 156 valence electrons. The van der Waals surface area contributed by atoms with Gasteiger partial charge in [-0.15, -0.1) is 0 Å². The van der Waals surface area contributed by atoms with Gasteiger partial charge >= 0.3 is 0 Å². The van der Waals surface area contributed by atoms with Gasteiger partial charge in [0.25, 0.3) is 5.91 Å². The molecule has 7 nitrogen and oxygen atoms in total. The van der Waals surface area contributed by atoms with Crippen LogP contribution >= 0.6 is 0 Å². The number of nitrogens with one attached hydrogen (secondary N) is 1. The maximum atomic E-state index is 13.9. The zero-order chi connectivity index (χ0) is 21.6. The van der Waals surface area contributed by atoms with Crippen LogP contribution in [0.3, 0.4) is 0 Å². The molecule has 0 bridgehead atoms. The van der Waals surface area contributed by atoms with E-state index in [9.17, 15) is 9.18 Å². The molecule has 2 aromatic heterocycles. The number of ether oxygens (including phenoxy) is 2. The molecule has 0 spiro atoms. The first-order valence-electron chi connectivity index (χ1n) is 9.48. The molecule has 4 aromatic rings. The molecule has 0 aliphatic rings. The van der Waals surface area contributed by atoms with Gasteiger partial charge in [-0.1, -0.05) is 12.1 Å². The average Bonchev–Trinajstić information content (AvgIpc) is 3.29. The number of benzene rings is 2. The summed E-state index contributed by atoms with van der Waals surface area (Å²) in [6, 6.07) is 18.4. The molecule has 2 heterocycles. The summed E-state index contributed by atoms with van der Waals surface area (Å²) >= 11 is 0. The number of pyridine rings is 1. The van der Waals surface area contributed by atoms with E-state index in [1.165, 1.54) is 16.8 Å². The zero-order valence-electron chi connectivity index (χ0n) is 16.7. The third-order valence-corrected chi connectivity index (χ3v) is 4.46. The van der Waals surface area contributed by atoms with Crippen LogP contribution in [0.25, 0.3) is 5.69 Å². The van der Waals surface area contributed by atoms with Crippen molar-refractivity contribution in [1.29, 1.82) is 0 Å². The van der Waals surface area contributed by atoms with Crippen molar-refractivity contribution in [2.75, 3.05) is 7.11 Å².